The number of ether oxygens (including phenoxy) is 1. The maximum absolute atomic E-state index is 12.6. The third-order valence-electron chi connectivity index (χ3n) is 3.90. The van der Waals surface area contributed by atoms with E-state index in [4.69, 9.17) is 4.74 Å². The normalized spacial score (nSPS) is 23.0. The van der Waals surface area contributed by atoms with Crippen molar-refractivity contribution in [1.82, 2.24) is 5.32 Å². The lowest BCUT2D eigenvalue weighted by Crippen LogP contribution is -2.36. The monoisotopic (exact) mass is 301 g/mol. The van der Waals surface area contributed by atoms with Crippen molar-refractivity contribution in [2.75, 3.05) is 13.2 Å². The van der Waals surface area contributed by atoms with Gasteiger partial charge in [-0.05, 0) is 37.0 Å². The fourth-order valence-electron chi connectivity index (χ4n) is 2.81. The van der Waals surface area contributed by atoms with Crippen molar-refractivity contribution in [2.24, 2.45) is 5.92 Å². The molecule has 1 aromatic carbocycles. The summed E-state index contributed by atoms with van der Waals surface area (Å²) >= 11 is 0. The lowest BCUT2D eigenvalue weighted by molar-refractivity contribution is -0.137. The topological polar surface area (TPSA) is 21.3 Å². The van der Waals surface area contributed by atoms with Crippen LogP contribution in [0.2, 0.25) is 0 Å². The maximum Gasteiger partial charge on any atom is 0.416 e. The van der Waals surface area contributed by atoms with E-state index in [0.717, 1.165) is 18.1 Å². The quantitative estimate of drug-likeness (QED) is 0.821. The van der Waals surface area contributed by atoms with E-state index in [-0.39, 0.29) is 5.75 Å². The van der Waals surface area contributed by atoms with Crippen LogP contribution in [-0.2, 0) is 6.18 Å². The Balaban J connectivity index is 1.73. The summed E-state index contributed by atoms with van der Waals surface area (Å²) < 4.78 is 43.1. The summed E-state index contributed by atoms with van der Waals surface area (Å²) in [6.07, 6.45) is 0.555. The van der Waals surface area contributed by atoms with Crippen molar-refractivity contribution in [3.63, 3.8) is 0 Å². The number of alkyl halides is 3. The van der Waals surface area contributed by atoms with Crippen LogP contribution in [0.25, 0.3) is 0 Å². The molecule has 1 fully saturated rings. The minimum atomic E-state index is -4.32. The molecular weight excluding hydrogens is 279 g/mol. The van der Waals surface area contributed by atoms with E-state index < -0.39 is 11.7 Å². The van der Waals surface area contributed by atoms with E-state index >= 15 is 0 Å². The van der Waals surface area contributed by atoms with Crippen molar-refractivity contribution < 1.29 is 17.9 Å². The van der Waals surface area contributed by atoms with Gasteiger partial charge in [0.2, 0.25) is 0 Å². The molecule has 118 valence electrons. The van der Waals surface area contributed by atoms with Gasteiger partial charge in [-0.2, -0.15) is 13.2 Å². The summed E-state index contributed by atoms with van der Waals surface area (Å²) in [4.78, 5) is 0. The summed E-state index contributed by atoms with van der Waals surface area (Å²) in [6.45, 7) is 3.30. The van der Waals surface area contributed by atoms with Gasteiger partial charge in [-0.25, -0.2) is 0 Å². The number of benzene rings is 1. The van der Waals surface area contributed by atoms with Gasteiger partial charge < -0.3 is 10.1 Å². The average molecular weight is 301 g/mol. The number of rotatable bonds is 5. The van der Waals surface area contributed by atoms with Gasteiger partial charge in [0.25, 0.3) is 0 Å². The molecule has 5 heteroatoms. The molecule has 1 N–H and O–H groups in total. The molecule has 21 heavy (non-hydrogen) atoms. The van der Waals surface area contributed by atoms with Crippen molar-refractivity contribution in [1.29, 1.82) is 0 Å². The van der Waals surface area contributed by atoms with Gasteiger partial charge in [0.1, 0.15) is 12.4 Å². The van der Waals surface area contributed by atoms with Crippen LogP contribution in [-0.4, -0.2) is 19.2 Å². The van der Waals surface area contributed by atoms with Crippen LogP contribution in [0, 0.1) is 5.92 Å². The van der Waals surface area contributed by atoms with Crippen LogP contribution in [0.3, 0.4) is 0 Å². The lowest BCUT2D eigenvalue weighted by atomic mass is 9.87. The number of nitrogens with one attached hydrogen (secondary N) is 1. The first-order valence-corrected chi connectivity index (χ1v) is 7.48. The zero-order valence-electron chi connectivity index (χ0n) is 12.2. The second-order valence-electron chi connectivity index (χ2n) is 5.80. The second kappa shape index (κ2) is 7.16. The molecule has 0 saturated heterocycles. The molecule has 1 aliphatic carbocycles. The van der Waals surface area contributed by atoms with Gasteiger partial charge in [0, 0.05) is 12.6 Å². The summed E-state index contributed by atoms with van der Waals surface area (Å²) in [6, 6.07) is 5.53. The molecule has 2 rings (SSSR count). The summed E-state index contributed by atoms with van der Waals surface area (Å²) in [5, 5.41) is 3.42. The van der Waals surface area contributed by atoms with Crippen molar-refractivity contribution in [3.8, 4) is 5.75 Å². The van der Waals surface area contributed by atoms with Crippen LogP contribution in [0.4, 0.5) is 13.2 Å². The Morgan fingerprint density at radius 3 is 2.81 bits per heavy atom. The SMILES string of the molecule is CC1CCCC(NCCOc2cccc(C(F)(F)F)c2)C1. The fourth-order valence-corrected chi connectivity index (χ4v) is 2.81. The molecule has 0 aliphatic heterocycles. The van der Waals surface area contributed by atoms with Crippen molar-refractivity contribution in [3.05, 3.63) is 29.8 Å². The zero-order chi connectivity index (χ0) is 15.3. The predicted octanol–water partition coefficient (Wildman–Crippen LogP) is 4.25. The Bertz CT molecular complexity index is 447. The first-order valence-electron chi connectivity index (χ1n) is 7.48. The van der Waals surface area contributed by atoms with Gasteiger partial charge >= 0.3 is 6.18 Å². The molecule has 1 aliphatic rings. The first-order chi connectivity index (χ1) is 9.95. The van der Waals surface area contributed by atoms with E-state index in [0.29, 0.717) is 19.2 Å². The largest absolute Gasteiger partial charge is 0.492 e. The molecule has 0 radical (unpaired) electrons. The zero-order valence-corrected chi connectivity index (χ0v) is 12.2. The highest BCUT2D eigenvalue weighted by Gasteiger charge is 2.30. The van der Waals surface area contributed by atoms with Crippen LogP contribution in [0.1, 0.15) is 38.2 Å². The molecule has 0 amide bonds. The molecule has 0 bridgehead atoms. The lowest BCUT2D eigenvalue weighted by Gasteiger charge is -2.27. The molecule has 2 nitrogen and oxygen atoms in total. The Morgan fingerprint density at radius 1 is 1.29 bits per heavy atom. The van der Waals surface area contributed by atoms with Crippen LogP contribution in [0.15, 0.2) is 24.3 Å². The Morgan fingerprint density at radius 2 is 2.10 bits per heavy atom. The third kappa shape index (κ3) is 5.23. The fraction of sp³-hybridized carbons (Fsp3) is 0.625. The molecule has 0 aromatic heterocycles. The molecular formula is C16H22F3NO. The highest BCUT2D eigenvalue weighted by molar-refractivity contribution is 5.30. The van der Waals surface area contributed by atoms with Crippen molar-refractivity contribution in [2.45, 2.75) is 44.8 Å². The van der Waals surface area contributed by atoms with Gasteiger partial charge in [0.15, 0.2) is 0 Å². The highest BCUT2D eigenvalue weighted by atomic mass is 19.4. The summed E-state index contributed by atoms with van der Waals surface area (Å²) in [5.74, 6) is 1.02. The molecule has 2 unspecified atom stereocenters. The third-order valence-corrected chi connectivity index (χ3v) is 3.90. The van der Waals surface area contributed by atoms with E-state index in [1.54, 1.807) is 6.07 Å². The second-order valence-corrected chi connectivity index (χ2v) is 5.80. The molecule has 2 atom stereocenters. The van der Waals surface area contributed by atoms with E-state index in [1.807, 2.05) is 0 Å². The van der Waals surface area contributed by atoms with Gasteiger partial charge in [-0.15, -0.1) is 0 Å². The number of hydrogen-bond donors (Lipinski definition) is 1. The van der Waals surface area contributed by atoms with Gasteiger partial charge in [0.05, 0.1) is 5.56 Å². The molecule has 0 spiro atoms. The molecule has 0 heterocycles. The van der Waals surface area contributed by atoms with Gasteiger partial charge in [-0.3, -0.25) is 0 Å². The predicted molar refractivity (Wildman–Crippen MR) is 76.4 cm³/mol. The van der Waals surface area contributed by atoms with Gasteiger partial charge in [-0.1, -0.05) is 25.8 Å². The average Bonchev–Trinajstić information content (AvgIpc) is 2.43. The number of halogens is 3. The van der Waals surface area contributed by atoms with Crippen LogP contribution >= 0.6 is 0 Å². The minimum Gasteiger partial charge on any atom is -0.492 e. The minimum absolute atomic E-state index is 0.267. The van der Waals surface area contributed by atoms with E-state index in [9.17, 15) is 13.2 Å². The Labute approximate surface area is 123 Å². The summed E-state index contributed by atoms with van der Waals surface area (Å²) in [5.41, 5.74) is -0.672. The maximum atomic E-state index is 12.6. The van der Waals surface area contributed by atoms with Crippen molar-refractivity contribution >= 4 is 0 Å². The molecule has 1 saturated carbocycles. The van der Waals surface area contributed by atoms with Crippen LogP contribution in [0.5, 0.6) is 5.75 Å². The first kappa shape index (κ1) is 16.1. The Hall–Kier alpha value is -1.23. The van der Waals surface area contributed by atoms with E-state index in [2.05, 4.69) is 12.2 Å². The smallest absolute Gasteiger partial charge is 0.416 e. The standard InChI is InChI=1S/C16H22F3NO/c1-12-4-2-6-14(10-12)20-8-9-21-15-7-3-5-13(11-15)16(17,18)19/h3,5,7,11-12,14,20H,2,4,6,8-10H2,1H3. The summed E-state index contributed by atoms with van der Waals surface area (Å²) in [7, 11) is 0. The molecule has 1 aromatic rings. The number of hydrogen-bond acceptors (Lipinski definition) is 2. The highest BCUT2D eigenvalue weighted by Crippen LogP contribution is 2.31. The Kier molecular flexibility index (Phi) is 5.51. The van der Waals surface area contributed by atoms with E-state index in [1.165, 1.54) is 31.7 Å². The van der Waals surface area contributed by atoms with Crippen LogP contribution < -0.4 is 10.1 Å².